The van der Waals surface area contributed by atoms with Crippen molar-refractivity contribution < 1.29 is 18.4 Å². The van der Waals surface area contributed by atoms with Crippen LogP contribution >= 0.6 is 0 Å². The largest absolute Gasteiger partial charge is 0.288 e. The van der Waals surface area contributed by atoms with Gasteiger partial charge in [0.15, 0.2) is 0 Å². The average Bonchev–Trinajstić information content (AvgIpc) is 2.53. The summed E-state index contributed by atoms with van der Waals surface area (Å²) in [5, 5.41) is 8.40. The van der Waals surface area contributed by atoms with Crippen molar-refractivity contribution in [1.29, 1.82) is 0 Å². The van der Waals surface area contributed by atoms with E-state index in [0.29, 0.717) is 11.3 Å². The van der Waals surface area contributed by atoms with Crippen LogP contribution < -0.4 is 10.2 Å². The lowest BCUT2D eigenvalue weighted by Crippen LogP contribution is -2.15. The molecular formula is C16H18N2O4S. The molecule has 2 rings (SSSR count). The highest BCUT2D eigenvalue weighted by Gasteiger charge is 2.13. The van der Waals surface area contributed by atoms with E-state index in [1.54, 1.807) is 42.5 Å². The minimum atomic E-state index is -3.71. The van der Waals surface area contributed by atoms with Crippen molar-refractivity contribution in [1.82, 2.24) is 5.48 Å². The Balaban J connectivity index is 0.00000264. The van der Waals surface area contributed by atoms with E-state index in [2.05, 4.69) is 4.72 Å². The van der Waals surface area contributed by atoms with Crippen molar-refractivity contribution in [3.8, 4) is 0 Å². The molecule has 1 amide bonds. The molecule has 0 spiro atoms. The van der Waals surface area contributed by atoms with Gasteiger partial charge >= 0.3 is 0 Å². The van der Waals surface area contributed by atoms with Gasteiger partial charge in [-0.05, 0) is 35.9 Å². The van der Waals surface area contributed by atoms with Crippen LogP contribution in [-0.4, -0.2) is 19.5 Å². The van der Waals surface area contributed by atoms with Crippen LogP contribution in [0.1, 0.15) is 13.0 Å². The number of rotatable bonds is 5. The first-order valence-electron chi connectivity index (χ1n) is 6.31. The monoisotopic (exact) mass is 334 g/mol. The third-order valence-electron chi connectivity index (χ3n) is 2.73. The molecule has 0 atom stereocenters. The van der Waals surface area contributed by atoms with Crippen LogP contribution in [-0.2, 0) is 14.8 Å². The minimum Gasteiger partial charge on any atom is -0.288 e. The first-order chi connectivity index (χ1) is 10.5. The van der Waals surface area contributed by atoms with E-state index in [1.807, 2.05) is 0 Å². The molecule has 0 radical (unpaired) electrons. The third-order valence-corrected chi connectivity index (χ3v) is 4.11. The molecule has 0 aromatic heterocycles. The Bertz CT molecular complexity index is 787. The predicted molar refractivity (Wildman–Crippen MR) is 89.4 cm³/mol. The topological polar surface area (TPSA) is 95.5 Å². The highest BCUT2D eigenvalue weighted by Crippen LogP contribution is 2.17. The minimum absolute atomic E-state index is 0. The number of amides is 1. The fraction of sp³-hybridized carbons (Fsp3) is 0.0625. The Morgan fingerprint density at radius 2 is 1.74 bits per heavy atom. The summed E-state index contributed by atoms with van der Waals surface area (Å²) in [7, 11) is -3.71. The summed E-state index contributed by atoms with van der Waals surface area (Å²) in [6.45, 7) is 0. The lowest BCUT2D eigenvalue weighted by Gasteiger charge is -2.08. The zero-order chi connectivity index (χ0) is 16.0. The van der Waals surface area contributed by atoms with Gasteiger partial charge in [0, 0.05) is 11.8 Å². The van der Waals surface area contributed by atoms with Gasteiger partial charge in [-0.3, -0.25) is 14.7 Å². The lowest BCUT2D eigenvalue weighted by atomic mass is 10.2. The second kappa shape index (κ2) is 8.11. The van der Waals surface area contributed by atoms with Crippen LogP contribution in [0, 0.1) is 0 Å². The van der Waals surface area contributed by atoms with Gasteiger partial charge in [-0.15, -0.1) is 0 Å². The van der Waals surface area contributed by atoms with E-state index in [4.69, 9.17) is 5.21 Å². The summed E-state index contributed by atoms with van der Waals surface area (Å²) in [6, 6.07) is 14.6. The Labute approximate surface area is 135 Å². The van der Waals surface area contributed by atoms with E-state index < -0.39 is 15.9 Å². The molecule has 2 aromatic carbocycles. The molecule has 0 unspecified atom stereocenters. The molecule has 2 aromatic rings. The second-order valence-corrected chi connectivity index (χ2v) is 6.04. The Kier molecular flexibility index (Phi) is 6.49. The zero-order valence-electron chi connectivity index (χ0n) is 11.4. The molecule has 6 nitrogen and oxygen atoms in total. The van der Waals surface area contributed by atoms with Crippen molar-refractivity contribution >= 4 is 27.7 Å². The fourth-order valence-corrected chi connectivity index (χ4v) is 2.83. The number of carbonyl (C=O) groups excluding carboxylic acids is 1. The van der Waals surface area contributed by atoms with Gasteiger partial charge in [-0.25, -0.2) is 13.9 Å². The molecule has 0 saturated heterocycles. The number of nitrogens with one attached hydrogen (secondary N) is 2. The summed E-state index contributed by atoms with van der Waals surface area (Å²) in [5.41, 5.74) is 2.43. The van der Waals surface area contributed by atoms with Gasteiger partial charge in [0.25, 0.3) is 15.9 Å². The molecule has 23 heavy (non-hydrogen) atoms. The second-order valence-electron chi connectivity index (χ2n) is 4.35. The molecule has 122 valence electrons. The smallest absolute Gasteiger partial charge is 0.267 e. The van der Waals surface area contributed by atoms with Crippen molar-refractivity contribution in [3.05, 3.63) is 66.2 Å². The van der Waals surface area contributed by atoms with Crippen molar-refractivity contribution in [2.75, 3.05) is 4.72 Å². The van der Waals surface area contributed by atoms with Crippen LogP contribution in [0.4, 0.5) is 5.69 Å². The summed E-state index contributed by atoms with van der Waals surface area (Å²) in [5.74, 6) is -0.698. The lowest BCUT2D eigenvalue weighted by molar-refractivity contribution is -0.124. The normalized spacial score (nSPS) is 10.8. The van der Waals surface area contributed by atoms with Crippen LogP contribution in [0.2, 0.25) is 0 Å². The predicted octanol–water partition coefficient (Wildman–Crippen LogP) is 2.64. The number of carbonyl (C=O) groups is 1. The summed E-state index contributed by atoms with van der Waals surface area (Å²) in [4.78, 5) is 11.0. The molecule has 0 fully saturated rings. The molecule has 0 aliphatic carbocycles. The van der Waals surface area contributed by atoms with Crippen molar-refractivity contribution in [2.24, 2.45) is 0 Å². The van der Waals surface area contributed by atoms with Crippen molar-refractivity contribution in [3.63, 3.8) is 0 Å². The van der Waals surface area contributed by atoms with E-state index in [1.165, 1.54) is 23.7 Å². The number of benzene rings is 2. The van der Waals surface area contributed by atoms with Gasteiger partial charge in [0.1, 0.15) is 0 Å². The SMILES string of the molecule is C.O=C(/C=C/c1cccc(S(=O)(=O)Nc2ccccc2)c1)NO. The van der Waals surface area contributed by atoms with Gasteiger partial charge in [-0.2, -0.15) is 0 Å². The van der Waals surface area contributed by atoms with E-state index in [0.717, 1.165) is 6.08 Å². The number of hydroxylamine groups is 1. The summed E-state index contributed by atoms with van der Waals surface area (Å²) in [6.07, 6.45) is 2.49. The summed E-state index contributed by atoms with van der Waals surface area (Å²) >= 11 is 0. The number of para-hydroxylation sites is 1. The standard InChI is InChI=1S/C15H14N2O4S.CH4/c18-15(16-19)10-9-12-5-4-8-14(11-12)22(20,21)17-13-6-2-1-3-7-13;/h1-11,17,19H,(H,16,18);1H4/b10-9+;. The van der Waals surface area contributed by atoms with Crippen LogP contribution in [0.15, 0.2) is 65.6 Å². The highest BCUT2D eigenvalue weighted by atomic mass is 32.2. The molecule has 0 heterocycles. The molecule has 7 heteroatoms. The Hall–Kier alpha value is -2.64. The number of hydrogen-bond donors (Lipinski definition) is 3. The zero-order valence-corrected chi connectivity index (χ0v) is 12.2. The van der Waals surface area contributed by atoms with Gasteiger partial charge in [0.2, 0.25) is 0 Å². The molecule has 0 aliphatic heterocycles. The van der Waals surface area contributed by atoms with E-state index in [9.17, 15) is 13.2 Å². The Morgan fingerprint density at radius 1 is 1.04 bits per heavy atom. The molecular weight excluding hydrogens is 316 g/mol. The first-order valence-corrected chi connectivity index (χ1v) is 7.80. The van der Waals surface area contributed by atoms with Gasteiger partial charge in [-0.1, -0.05) is 37.8 Å². The maximum atomic E-state index is 12.3. The first kappa shape index (κ1) is 18.4. The van der Waals surface area contributed by atoms with Crippen LogP contribution in [0.5, 0.6) is 0 Å². The Morgan fingerprint density at radius 3 is 2.39 bits per heavy atom. The average molecular weight is 334 g/mol. The molecule has 0 saturated carbocycles. The maximum Gasteiger partial charge on any atom is 0.267 e. The number of sulfonamides is 1. The highest BCUT2D eigenvalue weighted by molar-refractivity contribution is 7.92. The van der Waals surface area contributed by atoms with Crippen LogP contribution in [0.25, 0.3) is 6.08 Å². The summed E-state index contributed by atoms with van der Waals surface area (Å²) < 4.78 is 27.1. The van der Waals surface area contributed by atoms with Crippen molar-refractivity contribution in [2.45, 2.75) is 12.3 Å². The molecule has 0 bridgehead atoms. The van der Waals surface area contributed by atoms with Crippen LogP contribution in [0.3, 0.4) is 0 Å². The van der Waals surface area contributed by atoms with Gasteiger partial charge < -0.3 is 0 Å². The number of anilines is 1. The fourth-order valence-electron chi connectivity index (χ4n) is 1.71. The van der Waals surface area contributed by atoms with E-state index >= 15 is 0 Å². The molecule has 3 N–H and O–H groups in total. The number of hydrogen-bond acceptors (Lipinski definition) is 4. The maximum absolute atomic E-state index is 12.3. The van der Waals surface area contributed by atoms with E-state index in [-0.39, 0.29) is 12.3 Å². The third kappa shape index (κ3) is 5.24. The molecule has 0 aliphatic rings. The van der Waals surface area contributed by atoms with Gasteiger partial charge in [0.05, 0.1) is 4.90 Å². The quantitative estimate of drug-likeness (QED) is 0.445.